The molecule has 1 heterocycles. The van der Waals surface area contributed by atoms with Crippen LogP contribution in [0, 0.1) is 0 Å². The normalized spacial score (nSPS) is 14.7. The average Bonchev–Trinajstić information content (AvgIpc) is 2.93. The lowest BCUT2D eigenvalue weighted by atomic mass is 9.86. The molecule has 2 aromatic rings. The summed E-state index contributed by atoms with van der Waals surface area (Å²) in [6, 6.07) is 14.2. The van der Waals surface area contributed by atoms with E-state index in [2.05, 4.69) is 26.1 Å². The molecule has 0 spiro atoms. The van der Waals surface area contributed by atoms with E-state index in [9.17, 15) is 14.4 Å². The van der Waals surface area contributed by atoms with Gasteiger partial charge in [0.1, 0.15) is 0 Å². The molecular weight excluding hydrogens is 328 g/mol. The van der Waals surface area contributed by atoms with Crippen LogP contribution in [0.5, 0.6) is 0 Å². The molecule has 0 bridgehead atoms. The molecule has 5 heteroatoms. The first-order valence-electron chi connectivity index (χ1n) is 8.64. The SMILES string of the molecule is CC(C)(C)c1ccccc1NC(=O)c1ccc(N2C(=O)CCC2=O)cc1. The molecule has 0 aromatic heterocycles. The molecule has 134 valence electrons. The van der Waals surface area contributed by atoms with Crippen LogP contribution < -0.4 is 10.2 Å². The van der Waals surface area contributed by atoms with Crippen molar-refractivity contribution in [1.82, 2.24) is 0 Å². The predicted molar refractivity (Wildman–Crippen MR) is 101 cm³/mol. The van der Waals surface area contributed by atoms with Gasteiger partial charge in [0.25, 0.3) is 5.91 Å². The van der Waals surface area contributed by atoms with Gasteiger partial charge in [-0.2, -0.15) is 0 Å². The lowest BCUT2D eigenvalue weighted by molar-refractivity contribution is -0.121. The molecule has 2 aromatic carbocycles. The van der Waals surface area contributed by atoms with Crippen LogP contribution in [0.3, 0.4) is 0 Å². The van der Waals surface area contributed by atoms with Crippen LogP contribution in [-0.4, -0.2) is 17.7 Å². The van der Waals surface area contributed by atoms with E-state index in [-0.39, 0.29) is 36.0 Å². The first kappa shape index (κ1) is 17.9. The van der Waals surface area contributed by atoms with E-state index in [4.69, 9.17) is 0 Å². The van der Waals surface area contributed by atoms with E-state index in [1.807, 2.05) is 24.3 Å². The highest BCUT2D eigenvalue weighted by Gasteiger charge is 2.30. The standard InChI is InChI=1S/C21H22N2O3/c1-21(2,3)16-6-4-5-7-17(16)22-20(26)14-8-10-15(11-9-14)23-18(24)12-13-19(23)25/h4-11H,12-13H2,1-3H3,(H,22,26). The van der Waals surface area contributed by atoms with Gasteiger partial charge in [-0.25, -0.2) is 0 Å². The number of nitrogens with zero attached hydrogens (tertiary/aromatic N) is 1. The number of benzene rings is 2. The summed E-state index contributed by atoms with van der Waals surface area (Å²) < 4.78 is 0. The maximum atomic E-state index is 12.6. The number of carbonyl (C=O) groups excluding carboxylic acids is 3. The van der Waals surface area contributed by atoms with Gasteiger partial charge in [0, 0.05) is 24.1 Å². The monoisotopic (exact) mass is 350 g/mol. The first-order valence-corrected chi connectivity index (χ1v) is 8.64. The highest BCUT2D eigenvalue weighted by atomic mass is 16.2. The number of imide groups is 1. The van der Waals surface area contributed by atoms with Crippen molar-refractivity contribution < 1.29 is 14.4 Å². The van der Waals surface area contributed by atoms with Crippen LogP contribution in [0.15, 0.2) is 48.5 Å². The van der Waals surface area contributed by atoms with E-state index in [1.54, 1.807) is 24.3 Å². The zero-order valence-electron chi connectivity index (χ0n) is 15.2. The Morgan fingerprint density at radius 2 is 1.50 bits per heavy atom. The molecule has 0 aliphatic carbocycles. The second-order valence-electron chi connectivity index (χ2n) is 7.42. The highest BCUT2D eigenvalue weighted by molar-refractivity contribution is 6.20. The van der Waals surface area contributed by atoms with Crippen LogP contribution in [0.25, 0.3) is 0 Å². The second-order valence-corrected chi connectivity index (χ2v) is 7.42. The van der Waals surface area contributed by atoms with Gasteiger partial charge in [0.05, 0.1) is 5.69 Å². The Morgan fingerprint density at radius 1 is 0.923 bits per heavy atom. The van der Waals surface area contributed by atoms with Gasteiger partial charge >= 0.3 is 0 Å². The number of amides is 3. The summed E-state index contributed by atoms with van der Waals surface area (Å²) in [7, 11) is 0. The molecule has 26 heavy (non-hydrogen) atoms. The molecule has 0 unspecified atom stereocenters. The van der Waals surface area contributed by atoms with Gasteiger partial charge in [-0.1, -0.05) is 39.0 Å². The number of anilines is 2. The number of nitrogens with one attached hydrogen (secondary N) is 1. The highest BCUT2D eigenvalue weighted by Crippen LogP contribution is 2.30. The van der Waals surface area contributed by atoms with E-state index in [1.165, 1.54) is 4.90 Å². The van der Waals surface area contributed by atoms with Crippen molar-refractivity contribution in [2.45, 2.75) is 39.0 Å². The molecule has 3 amide bonds. The van der Waals surface area contributed by atoms with Crippen molar-refractivity contribution in [3.05, 3.63) is 59.7 Å². The third-order valence-electron chi connectivity index (χ3n) is 4.42. The van der Waals surface area contributed by atoms with Crippen LogP contribution in [-0.2, 0) is 15.0 Å². The number of hydrogen-bond acceptors (Lipinski definition) is 3. The molecule has 0 atom stereocenters. The Balaban J connectivity index is 1.80. The van der Waals surface area contributed by atoms with Crippen molar-refractivity contribution in [3.8, 4) is 0 Å². The molecule has 1 fully saturated rings. The minimum atomic E-state index is -0.229. The van der Waals surface area contributed by atoms with Crippen molar-refractivity contribution in [3.63, 3.8) is 0 Å². The van der Waals surface area contributed by atoms with Gasteiger partial charge in [-0.05, 0) is 41.3 Å². The van der Waals surface area contributed by atoms with E-state index in [0.717, 1.165) is 11.3 Å². The molecule has 5 nitrogen and oxygen atoms in total. The number of carbonyl (C=O) groups is 3. The fraction of sp³-hybridized carbons (Fsp3) is 0.286. The molecule has 1 N–H and O–H groups in total. The van der Waals surface area contributed by atoms with Gasteiger partial charge in [0.2, 0.25) is 11.8 Å². The lowest BCUT2D eigenvalue weighted by Gasteiger charge is -2.23. The Kier molecular flexibility index (Phi) is 4.64. The minimum absolute atomic E-state index is 0.0930. The molecule has 1 saturated heterocycles. The summed E-state index contributed by atoms with van der Waals surface area (Å²) in [6.07, 6.45) is 0.481. The van der Waals surface area contributed by atoms with Gasteiger partial charge in [-0.3, -0.25) is 19.3 Å². The third-order valence-corrected chi connectivity index (χ3v) is 4.42. The lowest BCUT2D eigenvalue weighted by Crippen LogP contribution is -2.28. The summed E-state index contributed by atoms with van der Waals surface area (Å²) in [5, 5.41) is 2.95. The van der Waals surface area contributed by atoms with Crippen LogP contribution >= 0.6 is 0 Å². The van der Waals surface area contributed by atoms with E-state index >= 15 is 0 Å². The molecule has 3 rings (SSSR count). The van der Waals surface area contributed by atoms with Crippen LogP contribution in [0.4, 0.5) is 11.4 Å². The Hall–Kier alpha value is -2.95. The fourth-order valence-corrected chi connectivity index (χ4v) is 3.07. The topological polar surface area (TPSA) is 66.5 Å². The van der Waals surface area contributed by atoms with Gasteiger partial charge in [-0.15, -0.1) is 0 Å². The smallest absolute Gasteiger partial charge is 0.255 e. The van der Waals surface area contributed by atoms with Crippen molar-refractivity contribution in [2.24, 2.45) is 0 Å². The molecule has 0 saturated carbocycles. The molecule has 1 aliphatic rings. The predicted octanol–water partition coefficient (Wildman–Crippen LogP) is 3.89. The quantitative estimate of drug-likeness (QED) is 0.854. The zero-order chi connectivity index (χ0) is 18.9. The van der Waals surface area contributed by atoms with Gasteiger partial charge in [0.15, 0.2) is 0 Å². The summed E-state index contributed by atoms with van der Waals surface area (Å²) in [4.78, 5) is 37.4. The third kappa shape index (κ3) is 3.52. The first-order chi connectivity index (χ1) is 12.3. The van der Waals surface area contributed by atoms with Crippen LogP contribution in [0.2, 0.25) is 0 Å². The van der Waals surface area contributed by atoms with Crippen molar-refractivity contribution in [2.75, 3.05) is 10.2 Å². The second kappa shape index (κ2) is 6.75. The Bertz CT molecular complexity index is 848. The fourth-order valence-electron chi connectivity index (χ4n) is 3.07. The van der Waals surface area contributed by atoms with Crippen molar-refractivity contribution in [1.29, 1.82) is 0 Å². The Morgan fingerprint density at radius 3 is 2.08 bits per heavy atom. The van der Waals surface area contributed by atoms with Gasteiger partial charge < -0.3 is 5.32 Å². The summed E-state index contributed by atoms with van der Waals surface area (Å²) in [5.41, 5.74) is 2.71. The molecule has 0 radical (unpaired) electrons. The van der Waals surface area contributed by atoms with Crippen molar-refractivity contribution >= 4 is 29.1 Å². The number of hydrogen-bond donors (Lipinski definition) is 1. The number of rotatable bonds is 3. The average molecular weight is 350 g/mol. The summed E-state index contributed by atoms with van der Waals surface area (Å²) >= 11 is 0. The summed E-state index contributed by atoms with van der Waals surface area (Å²) in [5.74, 6) is -0.634. The van der Waals surface area contributed by atoms with Crippen LogP contribution in [0.1, 0.15) is 49.5 Å². The van der Waals surface area contributed by atoms with E-state index in [0.29, 0.717) is 11.3 Å². The number of para-hydroxylation sites is 1. The molecular formula is C21H22N2O3. The maximum absolute atomic E-state index is 12.6. The largest absolute Gasteiger partial charge is 0.322 e. The molecule has 1 aliphatic heterocycles. The maximum Gasteiger partial charge on any atom is 0.255 e. The Labute approximate surface area is 153 Å². The zero-order valence-corrected chi connectivity index (χ0v) is 15.2. The summed E-state index contributed by atoms with van der Waals surface area (Å²) in [6.45, 7) is 6.28. The van der Waals surface area contributed by atoms with E-state index < -0.39 is 0 Å². The minimum Gasteiger partial charge on any atom is -0.322 e.